The first-order valence-electron chi connectivity index (χ1n) is 10.4. The molecule has 0 saturated heterocycles. The van der Waals surface area contributed by atoms with Crippen molar-refractivity contribution in [3.63, 3.8) is 0 Å². The Balaban J connectivity index is 1.73. The molecule has 1 heterocycles. The minimum Gasteiger partial charge on any atom is -0.487 e. The number of halogens is 4. The first-order valence-corrected chi connectivity index (χ1v) is 11.9. The molecule has 4 rings (SSSR count). The number of nitrogens with zero attached hydrogens (tertiary/aromatic N) is 2. The normalized spacial score (nSPS) is 15.4. The summed E-state index contributed by atoms with van der Waals surface area (Å²) in [5, 5.41) is 11.3. The molecule has 1 N–H and O–H groups in total. The number of carbonyl (C=O) groups excluding carboxylic acids is 1. The molecule has 0 aromatic heterocycles. The van der Waals surface area contributed by atoms with Gasteiger partial charge < -0.3 is 10.1 Å². The zero-order valence-electron chi connectivity index (χ0n) is 18.5. The van der Waals surface area contributed by atoms with E-state index in [4.69, 9.17) is 10.00 Å². The van der Waals surface area contributed by atoms with E-state index in [1.54, 1.807) is 6.92 Å². The van der Waals surface area contributed by atoms with Crippen LogP contribution in [-0.4, -0.2) is 27.0 Å². The largest absolute Gasteiger partial charge is 0.487 e. The molecule has 0 radical (unpaired) electrons. The van der Waals surface area contributed by atoms with Crippen LogP contribution in [0.25, 0.3) is 0 Å². The average Bonchev–Trinajstić information content (AvgIpc) is 2.83. The Hall–Kier alpha value is -4.11. The minimum absolute atomic E-state index is 0.0119. The van der Waals surface area contributed by atoms with Gasteiger partial charge in [-0.25, -0.2) is 12.8 Å². The van der Waals surface area contributed by atoms with Gasteiger partial charge in [-0.15, -0.1) is 0 Å². The number of hydrogen-bond acceptors (Lipinski definition) is 5. The minimum atomic E-state index is -4.97. The van der Waals surface area contributed by atoms with Gasteiger partial charge in [0.15, 0.2) is 0 Å². The lowest BCUT2D eigenvalue weighted by Gasteiger charge is -2.34. The predicted octanol–water partition coefficient (Wildman–Crippen LogP) is 4.94. The summed E-state index contributed by atoms with van der Waals surface area (Å²) in [6.07, 6.45) is -5.53. The number of hydrogen-bond donors (Lipinski definition) is 1. The number of sulfonamides is 1. The predicted molar refractivity (Wildman–Crippen MR) is 122 cm³/mol. The molecule has 0 fully saturated rings. The molecule has 1 aliphatic rings. The van der Waals surface area contributed by atoms with Crippen molar-refractivity contribution < 1.29 is 35.5 Å². The third-order valence-electron chi connectivity index (χ3n) is 5.33. The van der Waals surface area contributed by atoms with Crippen LogP contribution >= 0.6 is 0 Å². The fourth-order valence-electron chi connectivity index (χ4n) is 3.74. The van der Waals surface area contributed by atoms with Crippen LogP contribution in [0, 0.1) is 17.1 Å². The van der Waals surface area contributed by atoms with Crippen LogP contribution in [0.1, 0.15) is 28.4 Å². The number of amides is 1. The summed E-state index contributed by atoms with van der Waals surface area (Å²) < 4.78 is 87.8. The fourth-order valence-corrected chi connectivity index (χ4v) is 5.33. The maximum absolute atomic E-state index is 14.2. The molecule has 0 aliphatic carbocycles. The number of rotatable bonds is 4. The monoisotopic (exact) mass is 519 g/mol. The van der Waals surface area contributed by atoms with E-state index in [1.165, 1.54) is 42.5 Å². The number of fused-ring (bicyclic) bond motifs is 1. The molecule has 7 nitrogen and oxygen atoms in total. The van der Waals surface area contributed by atoms with Crippen molar-refractivity contribution in [3.05, 3.63) is 83.2 Å². The number of nitrogens with one attached hydrogen (secondary N) is 1. The number of benzene rings is 3. The number of carbonyl (C=O) groups is 1. The van der Waals surface area contributed by atoms with Crippen LogP contribution in [0.4, 0.5) is 28.9 Å². The molecule has 1 amide bonds. The molecule has 1 aliphatic heterocycles. The highest BCUT2D eigenvalue weighted by Gasteiger charge is 2.37. The van der Waals surface area contributed by atoms with Crippen LogP contribution in [-0.2, 0) is 16.2 Å². The summed E-state index contributed by atoms with van der Waals surface area (Å²) in [6, 6.07) is 13.3. The van der Waals surface area contributed by atoms with E-state index in [9.17, 15) is 30.8 Å². The summed E-state index contributed by atoms with van der Waals surface area (Å²) in [6.45, 7) is 1.53. The molecule has 186 valence electrons. The summed E-state index contributed by atoms with van der Waals surface area (Å²) in [5.41, 5.74) is -2.58. The van der Waals surface area contributed by atoms with Crippen LogP contribution in [0.2, 0.25) is 0 Å². The van der Waals surface area contributed by atoms with Gasteiger partial charge in [0.05, 0.1) is 39.9 Å². The van der Waals surface area contributed by atoms with E-state index >= 15 is 0 Å². The number of ether oxygens (including phenoxy) is 1. The molecule has 3 aromatic rings. The van der Waals surface area contributed by atoms with Gasteiger partial charge in [-0.3, -0.25) is 9.10 Å². The highest BCUT2D eigenvalue weighted by Crippen LogP contribution is 2.39. The molecule has 36 heavy (non-hydrogen) atoms. The Morgan fingerprint density at radius 2 is 1.86 bits per heavy atom. The number of anilines is 2. The highest BCUT2D eigenvalue weighted by molar-refractivity contribution is 7.92. The molecular weight excluding hydrogens is 502 g/mol. The van der Waals surface area contributed by atoms with Gasteiger partial charge in [-0.05, 0) is 55.5 Å². The molecule has 12 heteroatoms. The molecule has 0 saturated carbocycles. The Morgan fingerprint density at radius 1 is 1.14 bits per heavy atom. The second-order valence-corrected chi connectivity index (χ2v) is 9.76. The van der Waals surface area contributed by atoms with Gasteiger partial charge in [0.25, 0.3) is 15.9 Å². The highest BCUT2D eigenvalue weighted by atomic mass is 32.2. The zero-order chi connectivity index (χ0) is 26.3. The lowest BCUT2D eigenvalue weighted by molar-refractivity contribution is -0.138. The molecule has 0 bridgehead atoms. The first-order chi connectivity index (χ1) is 16.9. The Labute approximate surface area is 203 Å². The van der Waals surface area contributed by atoms with Crippen molar-refractivity contribution in [2.45, 2.75) is 24.1 Å². The van der Waals surface area contributed by atoms with Crippen molar-refractivity contribution in [1.29, 1.82) is 5.26 Å². The fraction of sp³-hybridized carbons (Fsp3) is 0.167. The SMILES string of the molecule is C[C@H]1CN(S(=O)(=O)c2cccc(C#N)c2)c2cc(NC(=O)c3c(F)cccc3C(F)(F)F)ccc2O1. The third-order valence-corrected chi connectivity index (χ3v) is 7.11. The first kappa shape index (κ1) is 25.0. The van der Waals surface area contributed by atoms with E-state index in [1.807, 2.05) is 6.07 Å². The maximum Gasteiger partial charge on any atom is 0.417 e. The van der Waals surface area contributed by atoms with E-state index in [0.717, 1.165) is 16.4 Å². The van der Waals surface area contributed by atoms with Crippen LogP contribution in [0.15, 0.2) is 65.6 Å². The van der Waals surface area contributed by atoms with Crippen molar-refractivity contribution in [2.24, 2.45) is 0 Å². The molecule has 0 unspecified atom stereocenters. The molecule has 1 atom stereocenters. The quantitative estimate of drug-likeness (QED) is 0.492. The van der Waals surface area contributed by atoms with E-state index in [2.05, 4.69) is 5.32 Å². The topological polar surface area (TPSA) is 99.5 Å². The van der Waals surface area contributed by atoms with Crippen molar-refractivity contribution >= 4 is 27.3 Å². The summed E-state index contributed by atoms with van der Waals surface area (Å²) in [5.74, 6) is -2.57. The van der Waals surface area contributed by atoms with Crippen LogP contribution in [0.3, 0.4) is 0 Å². The van der Waals surface area contributed by atoms with E-state index in [-0.39, 0.29) is 34.1 Å². The average molecular weight is 519 g/mol. The second-order valence-electron chi connectivity index (χ2n) is 7.90. The maximum atomic E-state index is 14.2. The Bertz CT molecular complexity index is 1500. The Kier molecular flexibility index (Phi) is 6.36. The van der Waals surface area contributed by atoms with Gasteiger partial charge in [0, 0.05) is 5.69 Å². The van der Waals surface area contributed by atoms with Gasteiger partial charge in [0.1, 0.15) is 17.7 Å². The number of alkyl halides is 3. The lowest BCUT2D eigenvalue weighted by Crippen LogP contribution is -2.42. The zero-order valence-corrected chi connectivity index (χ0v) is 19.3. The van der Waals surface area contributed by atoms with Gasteiger partial charge in [-0.2, -0.15) is 18.4 Å². The lowest BCUT2D eigenvalue weighted by atomic mass is 10.1. The summed E-state index contributed by atoms with van der Waals surface area (Å²) >= 11 is 0. The Morgan fingerprint density at radius 3 is 2.56 bits per heavy atom. The molecule has 3 aromatic carbocycles. The second kappa shape index (κ2) is 9.16. The standard InChI is InChI=1S/C24H17F4N3O4S/c1-14-13-31(36(33,34)17-5-2-4-15(10-17)12-29)20-11-16(8-9-21(20)35-14)30-23(32)22-18(24(26,27)28)6-3-7-19(22)25/h2-11,14H,13H2,1H3,(H,30,32)/t14-/m0/s1. The van der Waals surface area contributed by atoms with Crippen molar-refractivity contribution in [1.82, 2.24) is 0 Å². The van der Waals surface area contributed by atoms with E-state index in [0.29, 0.717) is 6.07 Å². The molecule has 0 spiro atoms. The third kappa shape index (κ3) is 4.70. The van der Waals surface area contributed by atoms with E-state index < -0.39 is 45.2 Å². The van der Waals surface area contributed by atoms with Crippen LogP contribution < -0.4 is 14.4 Å². The summed E-state index contributed by atoms with van der Waals surface area (Å²) in [7, 11) is -4.19. The van der Waals surface area contributed by atoms with Crippen LogP contribution in [0.5, 0.6) is 5.75 Å². The van der Waals surface area contributed by atoms with Crippen molar-refractivity contribution in [3.8, 4) is 11.8 Å². The van der Waals surface area contributed by atoms with Gasteiger partial charge >= 0.3 is 6.18 Å². The molecular formula is C24H17F4N3O4S. The van der Waals surface area contributed by atoms with Gasteiger partial charge in [-0.1, -0.05) is 12.1 Å². The van der Waals surface area contributed by atoms with Gasteiger partial charge in [0.2, 0.25) is 0 Å². The number of nitriles is 1. The summed E-state index contributed by atoms with van der Waals surface area (Å²) in [4.78, 5) is 12.5. The smallest absolute Gasteiger partial charge is 0.417 e. The van der Waals surface area contributed by atoms with Crippen molar-refractivity contribution in [2.75, 3.05) is 16.2 Å².